The van der Waals surface area contributed by atoms with Gasteiger partial charge in [0.2, 0.25) is 0 Å². The van der Waals surface area contributed by atoms with Gasteiger partial charge in [0.05, 0.1) is 6.54 Å². The first-order chi connectivity index (χ1) is 8.45. The molecule has 0 spiro atoms. The third kappa shape index (κ3) is 3.25. The van der Waals surface area contributed by atoms with Gasteiger partial charge in [0.1, 0.15) is 28.4 Å². The van der Waals surface area contributed by atoms with Crippen LogP contribution in [0.3, 0.4) is 0 Å². The highest BCUT2D eigenvalue weighted by Gasteiger charge is 2.18. The number of hydrogen-bond acceptors (Lipinski definition) is 5. The number of anilines is 1. The lowest BCUT2D eigenvalue weighted by atomic mass is 9.96. The normalized spacial score (nSPS) is 11.6. The minimum Gasteiger partial charge on any atom is -0.363 e. The molecule has 2 N–H and O–H groups in total. The van der Waals surface area contributed by atoms with Crippen LogP contribution < -0.4 is 5.32 Å². The summed E-state index contributed by atoms with van der Waals surface area (Å²) in [5.41, 5.74) is -0.0908. The number of halogens is 1. The zero-order valence-corrected chi connectivity index (χ0v) is 12.1. The van der Waals surface area contributed by atoms with E-state index in [1.807, 2.05) is 6.07 Å². The van der Waals surface area contributed by atoms with E-state index in [1.54, 1.807) is 0 Å². The molecule has 0 atom stereocenters. The summed E-state index contributed by atoms with van der Waals surface area (Å²) in [5.74, 6) is 2.32. The van der Waals surface area contributed by atoms with Crippen LogP contribution in [-0.2, 0) is 12.0 Å². The first-order valence-corrected chi connectivity index (χ1v) is 6.37. The number of nitrogens with one attached hydrogen (secondary N) is 2. The quantitative estimate of drug-likeness (QED) is 0.850. The molecule has 2 rings (SSSR count). The van der Waals surface area contributed by atoms with Crippen LogP contribution in [0.1, 0.15) is 32.4 Å². The SMILES string of the molecule is CC(C)(C)c1nc(Br)cc(NCc2ncn[nH]2)n1. The van der Waals surface area contributed by atoms with Gasteiger partial charge in [-0.2, -0.15) is 5.10 Å². The maximum atomic E-state index is 4.49. The van der Waals surface area contributed by atoms with Gasteiger partial charge in [-0.15, -0.1) is 0 Å². The average molecular weight is 311 g/mol. The summed E-state index contributed by atoms with van der Waals surface area (Å²) in [6.07, 6.45) is 1.48. The summed E-state index contributed by atoms with van der Waals surface area (Å²) in [7, 11) is 0. The largest absolute Gasteiger partial charge is 0.363 e. The lowest BCUT2D eigenvalue weighted by molar-refractivity contribution is 0.544. The van der Waals surface area contributed by atoms with Crippen molar-refractivity contribution in [2.24, 2.45) is 0 Å². The topological polar surface area (TPSA) is 79.4 Å². The van der Waals surface area contributed by atoms with Crippen molar-refractivity contribution in [1.29, 1.82) is 0 Å². The molecule has 0 aromatic carbocycles. The summed E-state index contributed by atoms with van der Waals surface area (Å²) >= 11 is 3.40. The average Bonchev–Trinajstić information content (AvgIpc) is 2.77. The molecule has 2 aromatic rings. The molecule has 6 nitrogen and oxygen atoms in total. The van der Waals surface area contributed by atoms with Crippen LogP contribution in [0.4, 0.5) is 5.82 Å². The minimum atomic E-state index is -0.0908. The Bertz CT molecular complexity index is 517. The third-order valence-corrected chi connectivity index (χ3v) is 2.67. The van der Waals surface area contributed by atoms with Crippen LogP contribution in [0.5, 0.6) is 0 Å². The molecule has 2 heterocycles. The second-order valence-electron chi connectivity index (χ2n) is 4.94. The molecule has 0 saturated heterocycles. The first-order valence-electron chi connectivity index (χ1n) is 5.58. The number of nitrogens with zero attached hydrogens (tertiary/aromatic N) is 4. The Hall–Kier alpha value is -1.50. The molecule has 0 saturated carbocycles. The van der Waals surface area contributed by atoms with Gasteiger partial charge in [0.15, 0.2) is 0 Å². The molecule has 0 bridgehead atoms. The zero-order valence-electron chi connectivity index (χ0n) is 10.5. The fraction of sp³-hybridized carbons (Fsp3) is 0.455. The van der Waals surface area contributed by atoms with Crippen LogP contribution in [0.2, 0.25) is 0 Å². The van der Waals surface area contributed by atoms with Crippen LogP contribution >= 0.6 is 15.9 Å². The number of rotatable bonds is 3. The molecule has 0 fully saturated rings. The number of aromatic nitrogens is 5. The fourth-order valence-electron chi connectivity index (χ4n) is 1.33. The summed E-state index contributed by atoms with van der Waals surface area (Å²) in [5, 5.41) is 9.76. The molecule has 0 aliphatic rings. The van der Waals surface area contributed by atoms with E-state index < -0.39 is 0 Å². The zero-order chi connectivity index (χ0) is 13.2. The van der Waals surface area contributed by atoms with Crippen molar-refractivity contribution in [3.05, 3.63) is 28.6 Å². The van der Waals surface area contributed by atoms with E-state index in [1.165, 1.54) is 6.33 Å². The van der Waals surface area contributed by atoms with Crippen molar-refractivity contribution in [3.63, 3.8) is 0 Å². The molecule has 0 aliphatic heterocycles. The number of H-pyrrole nitrogens is 1. The van der Waals surface area contributed by atoms with Crippen LogP contribution in [0.15, 0.2) is 17.0 Å². The molecule has 96 valence electrons. The van der Waals surface area contributed by atoms with E-state index in [0.29, 0.717) is 6.54 Å². The van der Waals surface area contributed by atoms with Gasteiger partial charge in [-0.25, -0.2) is 15.0 Å². The van der Waals surface area contributed by atoms with Crippen molar-refractivity contribution in [3.8, 4) is 0 Å². The predicted molar refractivity (Wildman–Crippen MR) is 72.1 cm³/mol. The van der Waals surface area contributed by atoms with E-state index in [9.17, 15) is 0 Å². The standard InChI is InChI=1S/C11H15BrN6/c1-11(2,3)10-16-7(12)4-8(17-10)13-5-9-14-6-15-18-9/h4,6H,5H2,1-3H3,(H,13,16,17)(H,14,15,18). The van der Waals surface area contributed by atoms with Crippen LogP contribution in [0.25, 0.3) is 0 Å². The molecular formula is C11H15BrN6. The Kier molecular flexibility index (Phi) is 3.60. The summed E-state index contributed by atoms with van der Waals surface area (Å²) in [6, 6.07) is 1.84. The summed E-state index contributed by atoms with van der Waals surface area (Å²) in [4.78, 5) is 12.9. The predicted octanol–water partition coefficient (Wildman–Crippen LogP) is 2.27. The lowest BCUT2D eigenvalue weighted by Crippen LogP contribution is -2.17. The molecule has 18 heavy (non-hydrogen) atoms. The molecule has 7 heteroatoms. The van der Waals surface area contributed by atoms with Crippen LogP contribution in [-0.4, -0.2) is 25.1 Å². The Morgan fingerprint density at radius 1 is 1.33 bits per heavy atom. The van der Waals surface area contributed by atoms with Gasteiger partial charge in [-0.3, -0.25) is 5.10 Å². The number of hydrogen-bond donors (Lipinski definition) is 2. The molecule has 0 unspecified atom stereocenters. The fourth-order valence-corrected chi connectivity index (χ4v) is 1.72. The van der Waals surface area contributed by atoms with E-state index in [-0.39, 0.29) is 5.41 Å². The second-order valence-corrected chi connectivity index (χ2v) is 5.75. The maximum absolute atomic E-state index is 4.49. The highest BCUT2D eigenvalue weighted by Crippen LogP contribution is 2.22. The van der Waals surface area contributed by atoms with Crippen molar-refractivity contribution >= 4 is 21.7 Å². The molecule has 0 amide bonds. The highest BCUT2D eigenvalue weighted by molar-refractivity contribution is 9.10. The molecule has 0 aliphatic carbocycles. The van der Waals surface area contributed by atoms with E-state index in [2.05, 4.69) is 67.2 Å². The third-order valence-electron chi connectivity index (χ3n) is 2.27. The molecule has 0 radical (unpaired) electrons. The minimum absolute atomic E-state index is 0.0908. The van der Waals surface area contributed by atoms with E-state index >= 15 is 0 Å². The van der Waals surface area contributed by atoms with Crippen molar-refractivity contribution in [1.82, 2.24) is 25.1 Å². The Morgan fingerprint density at radius 3 is 2.72 bits per heavy atom. The monoisotopic (exact) mass is 310 g/mol. The molecule has 2 aromatic heterocycles. The van der Waals surface area contributed by atoms with Gasteiger partial charge in [0.25, 0.3) is 0 Å². The van der Waals surface area contributed by atoms with Gasteiger partial charge >= 0.3 is 0 Å². The second kappa shape index (κ2) is 5.01. The summed E-state index contributed by atoms with van der Waals surface area (Å²) in [6.45, 7) is 6.78. The van der Waals surface area contributed by atoms with Gasteiger partial charge in [-0.05, 0) is 15.9 Å². The van der Waals surface area contributed by atoms with Gasteiger partial charge in [-0.1, -0.05) is 20.8 Å². The van der Waals surface area contributed by atoms with Crippen molar-refractivity contribution in [2.75, 3.05) is 5.32 Å². The maximum Gasteiger partial charge on any atom is 0.143 e. The smallest absolute Gasteiger partial charge is 0.143 e. The van der Waals surface area contributed by atoms with Gasteiger partial charge in [0, 0.05) is 11.5 Å². The highest BCUT2D eigenvalue weighted by atomic mass is 79.9. The van der Waals surface area contributed by atoms with Crippen molar-refractivity contribution < 1.29 is 0 Å². The Balaban J connectivity index is 2.15. The molecular weight excluding hydrogens is 296 g/mol. The number of aromatic amines is 1. The van der Waals surface area contributed by atoms with Crippen LogP contribution in [0, 0.1) is 0 Å². The van der Waals surface area contributed by atoms with Crippen molar-refractivity contribution in [2.45, 2.75) is 32.7 Å². The Morgan fingerprint density at radius 2 is 2.11 bits per heavy atom. The first kappa shape index (κ1) is 12.9. The van der Waals surface area contributed by atoms with E-state index in [0.717, 1.165) is 22.1 Å². The Labute approximate surface area is 114 Å². The summed E-state index contributed by atoms with van der Waals surface area (Å²) < 4.78 is 0.766. The lowest BCUT2D eigenvalue weighted by Gasteiger charge is -2.17. The van der Waals surface area contributed by atoms with E-state index in [4.69, 9.17) is 0 Å². The van der Waals surface area contributed by atoms with Gasteiger partial charge < -0.3 is 5.32 Å².